The summed E-state index contributed by atoms with van der Waals surface area (Å²) in [5.41, 5.74) is 7.37. The van der Waals surface area contributed by atoms with Gasteiger partial charge >= 0.3 is 0 Å². The van der Waals surface area contributed by atoms with Crippen LogP contribution in [0.3, 0.4) is 0 Å². The van der Waals surface area contributed by atoms with Crippen molar-refractivity contribution in [2.75, 3.05) is 7.11 Å². The minimum absolute atomic E-state index is 0.201. The molecule has 0 fully saturated rings. The lowest BCUT2D eigenvalue weighted by atomic mass is 10.1. The molecule has 2 aromatic rings. The number of amides is 1. The van der Waals surface area contributed by atoms with Crippen molar-refractivity contribution in [3.05, 3.63) is 41.9 Å². The zero-order valence-electron chi connectivity index (χ0n) is 10.2. The molecule has 18 heavy (non-hydrogen) atoms. The normalized spacial score (nSPS) is 10.1. The summed E-state index contributed by atoms with van der Waals surface area (Å²) >= 11 is 0. The van der Waals surface area contributed by atoms with Crippen molar-refractivity contribution < 1.29 is 9.53 Å². The Morgan fingerprint density at radius 2 is 2.17 bits per heavy atom. The minimum Gasteiger partial charge on any atom is -0.495 e. The second-order valence-electron chi connectivity index (χ2n) is 3.75. The lowest BCUT2D eigenvalue weighted by Crippen LogP contribution is -2.15. The molecule has 1 amide bonds. The Bertz CT molecular complexity index is 582. The van der Waals surface area contributed by atoms with Crippen LogP contribution in [0.15, 0.2) is 30.5 Å². The molecule has 5 heteroatoms. The second kappa shape index (κ2) is 4.83. The van der Waals surface area contributed by atoms with Gasteiger partial charge in [0, 0.05) is 11.8 Å². The molecule has 0 bridgehead atoms. The molecule has 0 unspecified atom stereocenters. The van der Waals surface area contributed by atoms with Gasteiger partial charge in [0.25, 0.3) is 5.91 Å². The molecule has 5 nitrogen and oxygen atoms in total. The van der Waals surface area contributed by atoms with Crippen LogP contribution in [0, 0.1) is 6.92 Å². The van der Waals surface area contributed by atoms with Gasteiger partial charge in [0.15, 0.2) is 0 Å². The Balaban J connectivity index is 2.68. The van der Waals surface area contributed by atoms with Crippen molar-refractivity contribution in [1.82, 2.24) is 9.97 Å². The summed E-state index contributed by atoms with van der Waals surface area (Å²) in [7, 11) is 1.55. The van der Waals surface area contributed by atoms with Gasteiger partial charge < -0.3 is 10.5 Å². The third kappa shape index (κ3) is 2.15. The van der Waals surface area contributed by atoms with E-state index in [1.54, 1.807) is 38.4 Å². The number of hydrogen-bond donors (Lipinski definition) is 1. The highest BCUT2D eigenvalue weighted by Gasteiger charge is 2.16. The first-order chi connectivity index (χ1) is 8.63. The van der Waals surface area contributed by atoms with Crippen LogP contribution in [-0.2, 0) is 0 Å². The lowest BCUT2D eigenvalue weighted by molar-refractivity contribution is 0.0996. The number of nitrogens with two attached hydrogens (primary N) is 1. The molecule has 2 heterocycles. The maximum Gasteiger partial charge on any atom is 0.268 e. The number of aryl methyl sites for hydroxylation is 1. The van der Waals surface area contributed by atoms with Crippen LogP contribution in [0.2, 0.25) is 0 Å². The van der Waals surface area contributed by atoms with Crippen molar-refractivity contribution in [1.29, 1.82) is 0 Å². The molecule has 2 aromatic heterocycles. The fourth-order valence-corrected chi connectivity index (χ4v) is 1.70. The van der Waals surface area contributed by atoms with Gasteiger partial charge in [-0.3, -0.25) is 9.78 Å². The average molecular weight is 243 g/mol. The smallest absolute Gasteiger partial charge is 0.268 e. The molecule has 0 spiro atoms. The highest BCUT2D eigenvalue weighted by Crippen LogP contribution is 2.27. The van der Waals surface area contributed by atoms with E-state index in [0.29, 0.717) is 22.7 Å². The van der Waals surface area contributed by atoms with Gasteiger partial charge in [0.2, 0.25) is 0 Å². The first-order valence-corrected chi connectivity index (χ1v) is 5.40. The summed E-state index contributed by atoms with van der Waals surface area (Å²) in [6.45, 7) is 1.76. The number of hydrogen-bond acceptors (Lipinski definition) is 4. The number of rotatable bonds is 3. The number of ether oxygens (including phenoxy) is 1. The van der Waals surface area contributed by atoms with Crippen molar-refractivity contribution in [2.24, 2.45) is 5.73 Å². The Morgan fingerprint density at radius 3 is 2.72 bits per heavy atom. The van der Waals surface area contributed by atoms with Crippen molar-refractivity contribution in [3.63, 3.8) is 0 Å². The van der Waals surface area contributed by atoms with Crippen molar-refractivity contribution in [2.45, 2.75) is 6.92 Å². The molecular weight excluding hydrogens is 230 g/mol. The van der Waals surface area contributed by atoms with Crippen LogP contribution in [0.5, 0.6) is 5.75 Å². The van der Waals surface area contributed by atoms with Gasteiger partial charge in [0.1, 0.15) is 11.4 Å². The Morgan fingerprint density at radius 1 is 1.39 bits per heavy atom. The van der Waals surface area contributed by atoms with Gasteiger partial charge in [0.05, 0.1) is 18.5 Å². The van der Waals surface area contributed by atoms with E-state index in [4.69, 9.17) is 10.5 Å². The first-order valence-electron chi connectivity index (χ1n) is 5.40. The lowest BCUT2D eigenvalue weighted by Gasteiger charge is -2.10. The monoisotopic (exact) mass is 243 g/mol. The SMILES string of the molecule is COc1cc(-c2ccccn2)c(C(N)=O)nc1C. The third-order valence-corrected chi connectivity index (χ3v) is 2.56. The van der Waals surface area contributed by atoms with E-state index in [1.807, 2.05) is 6.07 Å². The summed E-state index contributed by atoms with van der Waals surface area (Å²) < 4.78 is 5.20. The molecule has 0 aliphatic heterocycles. The molecule has 0 atom stereocenters. The van der Waals surface area contributed by atoms with Crippen LogP contribution in [0.25, 0.3) is 11.3 Å². The van der Waals surface area contributed by atoms with E-state index in [1.165, 1.54) is 0 Å². The standard InChI is InChI=1S/C13H13N3O2/c1-8-11(18-2)7-9(12(16-8)13(14)17)10-5-3-4-6-15-10/h3-7H,1-2H3,(H2,14,17). The van der Waals surface area contributed by atoms with E-state index in [2.05, 4.69) is 9.97 Å². The summed E-state index contributed by atoms with van der Waals surface area (Å²) in [5.74, 6) is 0.0158. The fourth-order valence-electron chi connectivity index (χ4n) is 1.70. The predicted molar refractivity (Wildman–Crippen MR) is 67.3 cm³/mol. The van der Waals surface area contributed by atoms with Gasteiger partial charge in [-0.15, -0.1) is 0 Å². The van der Waals surface area contributed by atoms with Crippen molar-refractivity contribution in [3.8, 4) is 17.0 Å². The maximum absolute atomic E-state index is 11.4. The molecule has 0 saturated carbocycles. The number of carbonyl (C=O) groups excluding carboxylic acids is 1. The molecule has 0 aliphatic rings. The predicted octanol–water partition coefficient (Wildman–Crippen LogP) is 1.56. The summed E-state index contributed by atoms with van der Waals surface area (Å²) in [6.07, 6.45) is 1.65. The third-order valence-electron chi connectivity index (χ3n) is 2.56. The minimum atomic E-state index is -0.582. The number of nitrogens with zero attached hydrogens (tertiary/aromatic N) is 2. The molecule has 0 radical (unpaired) electrons. The molecule has 0 aliphatic carbocycles. The number of primary amides is 1. The van der Waals surface area contributed by atoms with Crippen LogP contribution in [0.4, 0.5) is 0 Å². The van der Waals surface area contributed by atoms with Crippen LogP contribution < -0.4 is 10.5 Å². The molecule has 92 valence electrons. The van der Waals surface area contributed by atoms with E-state index >= 15 is 0 Å². The number of pyridine rings is 2. The average Bonchev–Trinajstić information content (AvgIpc) is 2.39. The van der Waals surface area contributed by atoms with Crippen LogP contribution in [-0.4, -0.2) is 23.0 Å². The zero-order chi connectivity index (χ0) is 13.1. The number of aromatic nitrogens is 2. The largest absolute Gasteiger partial charge is 0.495 e. The molecular formula is C13H13N3O2. The van der Waals surface area contributed by atoms with Gasteiger partial charge in [-0.25, -0.2) is 4.98 Å². The summed E-state index contributed by atoms with van der Waals surface area (Å²) in [4.78, 5) is 19.8. The van der Waals surface area contributed by atoms with Crippen LogP contribution in [0.1, 0.15) is 16.2 Å². The van der Waals surface area contributed by atoms with Crippen LogP contribution >= 0.6 is 0 Å². The van der Waals surface area contributed by atoms with E-state index in [9.17, 15) is 4.79 Å². The molecule has 0 saturated heterocycles. The van der Waals surface area contributed by atoms with Crippen molar-refractivity contribution >= 4 is 5.91 Å². The van der Waals surface area contributed by atoms with Gasteiger partial charge in [-0.1, -0.05) is 6.07 Å². The quantitative estimate of drug-likeness (QED) is 0.887. The first kappa shape index (κ1) is 12.0. The summed E-state index contributed by atoms with van der Waals surface area (Å²) in [5, 5.41) is 0. The molecule has 2 rings (SSSR count). The topological polar surface area (TPSA) is 78.1 Å². The Hall–Kier alpha value is -2.43. The van der Waals surface area contributed by atoms with Gasteiger partial charge in [-0.05, 0) is 25.1 Å². The van der Waals surface area contributed by atoms with E-state index in [-0.39, 0.29) is 5.69 Å². The molecule has 0 aromatic carbocycles. The van der Waals surface area contributed by atoms with E-state index in [0.717, 1.165) is 0 Å². The summed E-state index contributed by atoms with van der Waals surface area (Å²) in [6, 6.07) is 7.15. The van der Waals surface area contributed by atoms with E-state index < -0.39 is 5.91 Å². The highest BCUT2D eigenvalue weighted by atomic mass is 16.5. The second-order valence-corrected chi connectivity index (χ2v) is 3.75. The number of carbonyl (C=O) groups is 1. The highest BCUT2D eigenvalue weighted by molar-refractivity contribution is 5.97. The maximum atomic E-state index is 11.4. The fraction of sp³-hybridized carbons (Fsp3) is 0.154. The number of methoxy groups -OCH3 is 1. The Labute approximate surface area is 105 Å². The molecule has 2 N–H and O–H groups in total. The Kier molecular flexibility index (Phi) is 3.23. The van der Waals surface area contributed by atoms with Gasteiger partial charge in [-0.2, -0.15) is 0 Å². The zero-order valence-corrected chi connectivity index (χ0v) is 10.2.